The summed E-state index contributed by atoms with van der Waals surface area (Å²) < 4.78 is 15.1. The van der Waals surface area contributed by atoms with Crippen LogP contribution in [0.4, 0.5) is 11.4 Å². The maximum Gasteiger partial charge on any atom is 0.344 e. The number of nitro groups is 1. The molecule has 2 aromatic rings. The topological polar surface area (TPSA) is 151 Å². The number of benzene rings is 2. The van der Waals surface area contributed by atoms with Crippen molar-refractivity contribution in [1.29, 1.82) is 0 Å². The number of carboxylic acid groups (broad SMARTS) is 1. The van der Waals surface area contributed by atoms with Crippen molar-refractivity contribution < 1.29 is 33.8 Å². The molecule has 0 amide bonds. The molecule has 30 heavy (non-hydrogen) atoms. The maximum absolute atomic E-state index is 11.4. The molecule has 0 fully saturated rings. The van der Waals surface area contributed by atoms with Crippen LogP contribution in [0.25, 0.3) is 0 Å². The first-order valence-electron chi connectivity index (χ1n) is 8.75. The molecule has 0 radical (unpaired) electrons. The largest absolute Gasteiger partial charge is 0.482 e. The molecule has 0 bridgehead atoms. The maximum atomic E-state index is 11.4. The molecular weight excluding hydrogens is 396 g/mol. The Hall–Kier alpha value is -3.82. The van der Waals surface area contributed by atoms with E-state index in [0.717, 1.165) is 0 Å². The average molecular weight is 420 g/mol. The second-order valence-electron chi connectivity index (χ2n) is 6.88. The van der Waals surface area contributed by atoms with Crippen LogP contribution in [0.5, 0.6) is 11.5 Å². The first-order valence-corrected chi connectivity index (χ1v) is 8.75. The molecule has 0 spiro atoms. The second kappa shape index (κ2) is 11.2. The number of carboxylic acids is 1. The molecular formula is C20H24N2O8. The van der Waals surface area contributed by atoms with E-state index in [1.807, 2.05) is 0 Å². The molecule has 2 rings (SSSR count). The number of rotatable bonds is 7. The van der Waals surface area contributed by atoms with Crippen molar-refractivity contribution in [1.82, 2.24) is 0 Å². The van der Waals surface area contributed by atoms with Gasteiger partial charge >= 0.3 is 11.9 Å². The van der Waals surface area contributed by atoms with Crippen LogP contribution >= 0.6 is 0 Å². The SMILES string of the molecule is CC(C)(C)OC(=O)COc1ccc([N+](=O)[O-])cc1.Nc1ccc(OCC(=O)O)cc1. The van der Waals surface area contributed by atoms with Crippen LogP contribution in [0.15, 0.2) is 48.5 Å². The quantitative estimate of drug-likeness (QED) is 0.298. The van der Waals surface area contributed by atoms with E-state index in [1.165, 1.54) is 24.3 Å². The Balaban J connectivity index is 0.000000325. The lowest BCUT2D eigenvalue weighted by Crippen LogP contribution is -2.27. The van der Waals surface area contributed by atoms with Crippen LogP contribution in [0.1, 0.15) is 20.8 Å². The molecule has 0 aliphatic rings. The summed E-state index contributed by atoms with van der Waals surface area (Å²) in [6.45, 7) is 4.73. The predicted molar refractivity (Wildman–Crippen MR) is 108 cm³/mol. The van der Waals surface area contributed by atoms with Gasteiger partial charge in [-0.1, -0.05) is 0 Å². The summed E-state index contributed by atoms with van der Waals surface area (Å²) in [7, 11) is 0. The summed E-state index contributed by atoms with van der Waals surface area (Å²) >= 11 is 0. The lowest BCUT2D eigenvalue weighted by molar-refractivity contribution is -0.384. The lowest BCUT2D eigenvalue weighted by atomic mass is 10.2. The van der Waals surface area contributed by atoms with Crippen LogP contribution in [-0.4, -0.2) is 40.8 Å². The van der Waals surface area contributed by atoms with Crippen LogP contribution < -0.4 is 15.2 Å². The minimum atomic E-state index is -0.994. The van der Waals surface area contributed by atoms with Crippen LogP contribution in [0.2, 0.25) is 0 Å². The van der Waals surface area contributed by atoms with E-state index in [9.17, 15) is 19.7 Å². The summed E-state index contributed by atoms with van der Waals surface area (Å²) in [5.74, 6) is -0.592. The number of hydrogen-bond acceptors (Lipinski definition) is 8. The van der Waals surface area contributed by atoms with Gasteiger partial charge in [0, 0.05) is 17.8 Å². The van der Waals surface area contributed by atoms with E-state index in [1.54, 1.807) is 45.0 Å². The van der Waals surface area contributed by atoms with Crippen LogP contribution in [-0.2, 0) is 14.3 Å². The molecule has 0 aliphatic heterocycles. The number of nitrogens with zero attached hydrogens (tertiary/aromatic N) is 1. The number of anilines is 1. The fraction of sp³-hybridized carbons (Fsp3) is 0.300. The second-order valence-corrected chi connectivity index (χ2v) is 6.88. The van der Waals surface area contributed by atoms with Crippen molar-refractivity contribution >= 4 is 23.3 Å². The van der Waals surface area contributed by atoms with E-state index in [0.29, 0.717) is 17.2 Å². The van der Waals surface area contributed by atoms with Crippen LogP contribution in [0.3, 0.4) is 0 Å². The van der Waals surface area contributed by atoms with E-state index in [-0.39, 0.29) is 18.9 Å². The predicted octanol–water partition coefficient (Wildman–Crippen LogP) is 3.05. The summed E-state index contributed by atoms with van der Waals surface area (Å²) in [6, 6.07) is 12.0. The fourth-order valence-corrected chi connectivity index (χ4v) is 1.89. The number of esters is 1. The zero-order chi connectivity index (χ0) is 22.7. The number of nitro benzene ring substituents is 1. The molecule has 10 nitrogen and oxygen atoms in total. The first-order chi connectivity index (χ1) is 14.0. The van der Waals surface area contributed by atoms with Crippen molar-refractivity contribution in [3.63, 3.8) is 0 Å². The van der Waals surface area contributed by atoms with Gasteiger partial charge in [0.15, 0.2) is 13.2 Å². The van der Waals surface area contributed by atoms with Crippen molar-refractivity contribution in [2.75, 3.05) is 18.9 Å². The lowest BCUT2D eigenvalue weighted by Gasteiger charge is -2.19. The van der Waals surface area contributed by atoms with Crippen molar-refractivity contribution in [2.24, 2.45) is 0 Å². The van der Waals surface area contributed by atoms with Gasteiger partial charge in [0.25, 0.3) is 5.69 Å². The standard InChI is InChI=1S/C12H15NO5.C8H9NO3/c1-12(2,3)18-11(14)8-17-10-6-4-9(5-7-10)13(15)16;9-6-1-3-7(4-2-6)12-5-8(10)11/h4-7H,8H2,1-3H3;1-4H,5,9H2,(H,10,11). The van der Waals surface area contributed by atoms with E-state index < -0.39 is 22.5 Å². The number of nitrogen functional groups attached to an aromatic ring is 1. The Labute approximate surface area is 173 Å². The highest BCUT2D eigenvalue weighted by molar-refractivity contribution is 5.71. The Morgan fingerprint density at radius 2 is 1.43 bits per heavy atom. The Morgan fingerprint density at radius 1 is 0.967 bits per heavy atom. The van der Waals surface area contributed by atoms with Crippen molar-refractivity contribution in [3.8, 4) is 11.5 Å². The Kier molecular flexibility index (Phi) is 9.08. The highest BCUT2D eigenvalue weighted by Gasteiger charge is 2.16. The number of ether oxygens (including phenoxy) is 3. The molecule has 0 unspecified atom stereocenters. The van der Waals surface area contributed by atoms with Gasteiger partial charge in [-0.25, -0.2) is 9.59 Å². The molecule has 0 atom stereocenters. The number of non-ortho nitro benzene ring substituents is 1. The molecule has 0 heterocycles. The van der Waals surface area contributed by atoms with Gasteiger partial charge < -0.3 is 25.1 Å². The molecule has 2 aromatic carbocycles. The first kappa shape index (κ1) is 24.2. The number of carbonyl (C=O) groups is 2. The number of aliphatic carboxylic acids is 1. The van der Waals surface area contributed by atoms with Gasteiger partial charge in [-0.15, -0.1) is 0 Å². The fourth-order valence-electron chi connectivity index (χ4n) is 1.89. The van der Waals surface area contributed by atoms with Crippen molar-refractivity contribution in [3.05, 3.63) is 58.6 Å². The highest BCUT2D eigenvalue weighted by atomic mass is 16.6. The van der Waals surface area contributed by atoms with E-state index >= 15 is 0 Å². The molecule has 162 valence electrons. The molecule has 0 aromatic heterocycles. The molecule has 0 aliphatic carbocycles. The summed E-state index contributed by atoms with van der Waals surface area (Å²) in [6.07, 6.45) is 0. The van der Waals surface area contributed by atoms with Gasteiger partial charge in [-0.05, 0) is 57.2 Å². The molecule has 10 heteroatoms. The van der Waals surface area contributed by atoms with Gasteiger partial charge in [0.1, 0.15) is 17.1 Å². The molecule has 3 N–H and O–H groups in total. The van der Waals surface area contributed by atoms with Gasteiger partial charge in [0.2, 0.25) is 0 Å². The third-order valence-corrected chi connectivity index (χ3v) is 3.07. The smallest absolute Gasteiger partial charge is 0.344 e. The van der Waals surface area contributed by atoms with E-state index in [4.69, 9.17) is 25.1 Å². The highest BCUT2D eigenvalue weighted by Crippen LogP contribution is 2.17. The third-order valence-electron chi connectivity index (χ3n) is 3.07. The van der Waals surface area contributed by atoms with Gasteiger partial charge in [-0.3, -0.25) is 10.1 Å². The minimum absolute atomic E-state index is 0.0281. The Bertz CT molecular complexity index is 843. The summed E-state index contributed by atoms with van der Waals surface area (Å²) in [4.78, 5) is 31.4. The third kappa shape index (κ3) is 10.5. The normalized spacial score (nSPS) is 10.2. The average Bonchev–Trinajstić information content (AvgIpc) is 2.65. The summed E-state index contributed by atoms with van der Waals surface area (Å²) in [5, 5.41) is 18.7. The van der Waals surface area contributed by atoms with E-state index in [2.05, 4.69) is 0 Å². The molecule has 0 saturated carbocycles. The number of hydrogen-bond donors (Lipinski definition) is 2. The minimum Gasteiger partial charge on any atom is -0.482 e. The van der Waals surface area contributed by atoms with Gasteiger partial charge in [-0.2, -0.15) is 0 Å². The number of nitrogens with two attached hydrogens (primary N) is 1. The summed E-state index contributed by atoms with van der Waals surface area (Å²) in [5.41, 5.74) is 5.45. The Morgan fingerprint density at radius 3 is 1.87 bits per heavy atom. The zero-order valence-corrected chi connectivity index (χ0v) is 16.9. The monoisotopic (exact) mass is 420 g/mol. The molecule has 0 saturated heterocycles. The zero-order valence-electron chi connectivity index (χ0n) is 16.9. The number of carbonyl (C=O) groups excluding carboxylic acids is 1. The van der Waals surface area contributed by atoms with Crippen LogP contribution in [0, 0.1) is 10.1 Å². The van der Waals surface area contributed by atoms with Crippen molar-refractivity contribution in [2.45, 2.75) is 26.4 Å². The van der Waals surface area contributed by atoms with Gasteiger partial charge in [0.05, 0.1) is 4.92 Å².